The van der Waals surface area contributed by atoms with Crippen molar-refractivity contribution in [3.63, 3.8) is 0 Å². The van der Waals surface area contributed by atoms with E-state index in [0.717, 1.165) is 53.3 Å². The van der Waals surface area contributed by atoms with Gasteiger partial charge < -0.3 is 5.32 Å². The number of aromatic nitrogens is 4. The number of hydrogen-bond acceptors (Lipinski definition) is 5. The standard InChI is InChI=1S/C25H27BrN6.C3H6/c1-18-5-2-6-19(11-18)16-31-10-4-8-21(17-31)23-12-24(28-14-20-7-3-9-27-13-20)32-25(30-23)22(26)15-29-32;1-2-3-1/h2-3,5-7,9,11-13,15,21,28H,4,8,10,14,16-17H2,1H3;1-3H2. The Morgan fingerprint density at radius 1 is 1.03 bits per heavy atom. The van der Waals surface area contributed by atoms with E-state index in [1.807, 2.05) is 23.0 Å². The van der Waals surface area contributed by atoms with Crippen molar-refractivity contribution >= 4 is 27.4 Å². The molecule has 1 saturated heterocycles. The minimum Gasteiger partial charge on any atom is -0.366 e. The molecule has 0 spiro atoms. The van der Waals surface area contributed by atoms with Crippen molar-refractivity contribution in [1.29, 1.82) is 0 Å². The van der Waals surface area contributed by atoms with Gasteiger partial charge in [-0.25, -0.2) is 4.98 Å². The molecule has 1 aliphatic heterocycles. The van der Waals surface area contributed by atoms with Gasteiger partial charge in [-0.15, -0.1) is 0 Å². The lowest BCUT2D eigenvalue weighted by atomic mass is 9.94. The van der Waals surface area contributed by atoms with Crippen LogP contribution >= 0.6 is 15.9 Å². The SMILES string of the molecule is C1CC1.Cc1cccc(CN2CCCC(c3cc(NCc4cccnc4)n4ncc(Br)c4n3)C2)c1. The van der Waals surface area contributed by atoms with Crippen LogP contribution < -0.4 is 5.32 Å². The average Bonchev–Trinajstić information content (AvgIpc) is 3.72. The van der Waals surface area contributed by atoms with Gasteiger partial charge in [-0.2, -0.15) is 9.61 Å². The molecule has 35 heavy (non-hydrogen) atoms. The van der Waals surface area contributed by atoms with Crippen LogP contribution in [0.25, 0.3) is 5.65 Å². The topological polar surface area (TPSA) is 58.4 Å². The number of benzene rings is 1. The van der Waals surface area contributed by atoms with E-state index in [2.05, 4.69) is 79.6 Å². The van der Waals surface area contributed by atoms with Gasteiger partial charge in [-0.1, -0.05) is 55.2 Å². The van der Waals surface area contributed by atoms with E-state index in [1.54, 1.807) is 6.20 Å². The molecule has 4 heterocycles. The first-order valence-corrected chi connectivity index (χ1v) is 13.4. The molecule has 0 radical (unpaired) electrons. The number of hydrogen-bond donors (Lipinski definition) is 1. The van der Waals surface area contributed by atoms with E-state index in [1.165, 1.54) is 36.8 Å². The smallest absolute Gasteiger partial charge is 0.171 e. The number of fused-ring (bicyclic) bond motifs is 1. The molecule has 182 valence electrons. The van der Waals surface area contributed by atoms with Crippen LogP contribution in [-0.2, 0) is 13.1 Å². The van der Waals surface area contributed by atoms with Crippen LogP contribution in [0.4, 0.5) is 5.82 Å². The van der Waals surface area contributed by atoms with Crippen LogP contribution in [0, 0.1) is 6.92 Å². The van der Waals surface area contributed by atoms with E-state index in [4.69, 9.17) is 4.98 Å². The molecule has 6 nitrogen and oxygen atoms in total. The molecule has 1 saturated carbocycles. The van der Waals surface area contributed by atoms with Gasteiger partial charge in [0.2, 0.25) is 0 Å². The van der Waals surface area contributed by atoms with Gasteiger partial charge in [0.25, 0.3) is 0 Å². The normalized spacial score (nSPS) is 17.6. The first-order chi connectivity index (χ1) is 17.2. The van der Waals surface area contributed by atoms with Gasteiger partial charge in [-0.05, 0) is 59.4 Å². The van der Waals surface area contributed by atoms with Gasteiger partial charge in [-0.3, -0.25) is 9.88 Å². The number of rotatable bonds is 6. The zero-order valence-corrected chi connectivity index (χ0v) is 21.9. The summed E-state index contributed by atoms with van der Waals surface area (Å²) in [7, 11) is 0. The van der Waals surface area contributed by atoms with E-state index < -0.39 is 0 Å². The number of aryl methyl sites for hydroxylation is 1. The lowest BCUT2D eigenvalue weighted by Gasteiger charge is -2.32. The number of piperidine rings is 1. The van der Waals surface area contributed by atoms with Crippen LogP contribution in [0.3, 0.4) is 0 Å². The van der Waals surface area contributed by atoms with Gasteiger partial charge in [0.15, 0.2) is 5.65 Å². The highest BCUT2D eigenvalue weighted by Crippen LogP contribution is 2.30. The van der Waals surface area contributed by atoms with Crippen LogP contribution in [-0.4, -0.2) is 37.6 Å². The maximum absolute atomic E-state index is 5.00. The van der Waals surface area contributed by atoms with E-state index in [9.17, 15) is 0 Å². The Bertz CT molecular complexity index is 1250. The van der Waals surface area contributed by atoms with Crippen molar-refractivity contribution in [2.45, 2.75) is 58.0 Å². The fraction of sp³-hybridized carbons (Fsp3) is 0.393. The number of pyridine rings is 1. The first kappa shape index (κ1) is 23.9. The first-order valence-electron chi connectivity index (χ1n) is 12.6. The molecule has 1 aromatic carbocycles. The van der Waals surface area contributed by atoms with Gasteiger partial charge in [0, 0.05) is 44.0 Å². The fourth-order valence-electron chi connectivity index (χ4n) is 4.49. The number of nitrogens with one attached hydrogen (secondary N) is 1. The minimum absolute atomic E-state index is 0.402. The molecule has 0 amide bonds. The van der Waals surface area contributed by atoms with Crippen molar-refractivity contribution in [3.8, 4) is 0 Å². The lowest BCUT2D eigenvalue weighted by Crippen LogP contribution is -2.34. The Balaban J connectivity index is 0.000000786. The monoisotopic (exact) mass is 532 g/mol. The highest BCUT2D eigenvalue weighted by atomic mass is 79.9. The summed E-state index contributed by atoms with van der Waals surface area (Å²) in [6.07, 6.45) is 12.3. The number of halogens is 1. The molecule has 4 aromatic rings. The van der Waals surface area contributed by atoms with Crippen LogP contribution in [0.5, 0.6) is 0 Å². The zero-order valence-electron chi connectivity index (χ0n) is 20.3. The summed E-state index contributed by atoms with van der Waals surface area (Å²) in [5, 5.41) is 8.05. The van der Waals surface area contributed by atoms with Crippen molar-refractivity contribution < 1.29 is 0 Å². The quantitative estimate of drug-likeness (QED) is 0.313. The molecular weight excluding hydrogens is 500 g/mol. The molecular formula is C28H33BrN6. The third-order valence-corrected chi connectivity index (χ3v) is 6.97. The molecule has 6 rings (SSSR count). The Labute approximate surface area is 215 Å². The average molecular weight is 534 g/mol. The number of nitrogens with zero attached hydrogens (tertiary/aromatic N) is 5. The second-order valence-electron chi connectivity index (χ2n) is 9.63. The van der Waals surface area contributed by atoms with Crippen LogP contribution in [0.2, 0.25) is 0 Å². The zero-order chi connectivity index (χ0) is 24.0. The Kier molecular flexibility index (Phi) is 7.74. The van der Waals surface area contributed by atoms with E-state index >= 15 is 0 Å². The van der Waals surface area contributed by atoms with Crippen LogP contribution in [0.15, 0.2) is 65.5 Å². The third-order valence-electron chi connectivity index (χ3n) is 6.41. The van der Waals surface area contributed by atoms with E-state index in [0.29, 0.717) is 12.5 Å². The van der Waals surface area contributed by atoms with Crippen molar-refractivity contribution in [2.24, 2.45) is 0 Å². The molecule has 1 unspecified atom stereocenters. The minimum atomic E-state index is 0.402. The van der Waals surface area contributed by atoms with Crippen molar-refractivity contribution in [2.75, 3.05) is 18.4 Å². The maximum atomic E-state index is 5.00. The molecule has 3 aromatic heterocycles. The fourth-order valence-corrected chi connectivity index (χ4v) is 4.84. The molecule has 2 fully saturated rings. The van der Waals surface area contributed by atoms with E-state index in [-0.39, 0.29) is 0 Å². The number of anilines is 1. The summed E-state index contributed by atoms with van der Waals surface area (Å²) < 4.78 is 2.79. The molecule has 7 heteroatoms. The summed E-state index contributed by atoms with van der Waals surface area (Å²) in [6.45, 7) is 5.99. The van der Waals surface area contributed by atoms with Crippen LogP contribution in [0.1, 0.15) is 60.4 Å². The third kappa shape index (κ3) is 6.47. The van der Waals surface area contributed by atoms with Crippen molar-refractivity contribution in [1.82, 2.24) is 24.5 Å². The summed E-state index contributed by atoms with van der Waals surface area (Å²) in [5.41, 5.74) is 5.81. The molecule has 1 atom stereocenters. The predicted molar refractivity (Wildman–Crippen MR) is 145 cm³/mol. The highest BCUT2D eigenvalue weighted by Gasteiger charge is 2.24. The Hall–Kier alpha value is -2.77. The summed E-state index contributed by atoms with van der Waals surface area (Å²) in [4.78, 5) is 11.8. The van der Waals surface area contributed by atoms with Gasteiger partial charge in [0.1, 0.15) is 5.82 Å². The lowest BCUT2D eigenvalue weighted by molar-refractivity contribution is 0.198. The van der Waals surface area contributed by atoms with Gasteiger partial charge >= 0.3 is 0 Å². The summed E-state index contributed by atoms with van der Waals surface area (Å²) in [5.74, 6) is 1.36. The predicted octanol–water partition coefficient (Wildman–Crippen LogP) is 6.36. The summed E-state index contributed by atoms with van der Waals surface area (Å²) >= 11 is 3.62. The van der Waals surface area contributed by atoms with Crippen molar-refractivity contribution in [3.05, 3.63) is 87.9 Å². The molecule has 1 aliphatic carbocycles. The second kappa shape index (κ2) is 11.3. The second-order valence-corrected chi connectivity index (χ2v) is 10.5. The number of likely N-dealkylation sites (tertiary alicyclic amines) is 1. The largest absolute Gasteiger partial charge is 0.366 e. The molecule has 2 aliphatic rings. The Morgan fingerprint density at radius 2 is 1.89 bits per heavy atom. The van der Waals surface area contributed by atoms with Gasteiger partial charge in [0.05, 0.1) is 16.4 Å². The highest BCUT2D eigenvalue weighted by molar-refractivity contribution is 9.10. The maximum Gasteiger partial charge on any atom is 0.171 e. The molecule has 0 bridgehead atoms. The summed E-state index contributed by atoms with van der Waals surface area (Å²) in [6, 6.07) is 15.0. The Morgan fingerprint density at radius 3 is 2.66 bits per heavy atom. The molecule has 1 N–H and O–H groups in total.